The Morgan fingerprint density at radius 2 is 1.81 bits per heavy atom. The van der Waals surface area contributed by atoms with Crippen molar-refractivity contribution in [2.24, 2.45) is 0 Å². The van der Waals surface area contributed by atoms with Gasteiger partial charge in [0.25, 0.3) is 10.0 Å². The molecule has 3 rings (SSSR count). The van der Waals surface area contributed by atoms with Gasteiger partial charge in [-0.3, -0.25) is 9.29 Å². The van der Waals surface area contributed by atoms with E-state index in [0.717, 1.165) is 6.42 Å². The number of carbonyl (C=O) groups is 1. The van der Waals surface area contributed by atoms with E-state index >= 15 is 0 Å². The Morgan fingerprint density at radius 1 is 1.07 bits per heavy atom. The molecule has 0 bridgehead atoms. The Bertz CT molecular complexity index is 1070. The third kappa shape index (κ3) is 3.64. The number of hydrogen-bond donors (Lipinski definition) is 1. The molecule has 3 aromatic rings. The Balaban J connectivity index is 2.22. The lowest BCUT2D eigenvalue weighted by Gasteiger charge is -2.26. The highest BCUT2D eigenvalue weighted by molar-refractivity contribution is 7.93. The summed E-state index contributed by atoms with van der Waals surface area (Å²) in [5, 5.41) is 10.2. The highest BCUT2D eigenvalue weighted by Crippen LogP contribution is 2.30. The van der Waals surface area contributed by atoms with Crippen LogP contribution in [0, 0.1) is 0 Å². The number of carboxylic acid groups (broad SMARTS) is 1. The van der Waals surface area contributed by atoms with Gasteiger partial charge in [0.05, 0.1) is 16.8 Å². The van der Waals surface area contributed by atoms with Gasteiger partial charge >= 0.3 is 5.97 Å². The number of aromatic carboxylic acids is 1. The lowest BCUT2D eigenvalue weighted by Crippen LogP contribution is -2.33. The molecule has 0 aliphatic carbocycles. The molecule has 1 aromatic heterocycles. The van der Waals surface area contributed by atoms with Gasteiger partial charge in [0.2, 0.25) is 0 Å². The fraction of sp³-hybridized carbons (Fsp3) is 0.200. The van der Waals surface area contributed by atoms with Crippen molar-refractivity contribution in [3.8, 4) is 0 Å². The number of anilines is 1. The Labute approximate surface area is 158 Å². The Hall–Kier alpha value is -2.93. The fourth-order valence-corrected chi connectivity index (χ4v) is 4.64. The van der Waals surface area contributed by atoms with E-state index < -0.39 is 16.0 Å². The van der Waals surface area contributed by atoms with E-state index in [9.17, 15) is 18.3 Å². The molecule has 0 spiro atoms. The second kappa shape index (κ2) is 7.75. The molecule has 1 heterocycles. The summed E-state index contributed by atoms with van der Waals surface area (Å²) in [4.78, 5) is 15.9. The molecule has 2 aromatic carbocycles. The number of fused-ring (bicyclic) bond motifs is 1. The van der Waals surface area contributed by atoms with Crippen molar-refractivity contribution >= 4 is 32.6 Å². The molecule has 6 nitrogen and oxygen atoms in total. The van der Waals surface area contributed by atoms with Gasteiger partial charge in [0.1, 0.15) is 4.90 Å². The summed E-state index contributed by atoms with van der Waals surface area (Å²) < 4.78 is 28.2. The quantitative estimate of drug-likeness (QED) is 0.667. The number of aromatic nitrogens is 1. The predicted octanol–water partition coefficient (Wildman–Crippen LogP) is 3.93. The zero-order valence-electron chi connectivity index (χ0n) is 14.9. The maximum absolute atomic E-state index is 13.5. The maximum atomic E-state index is 13.5. The second-order valence-electron chi connectivity index (χ2n) is 6.08. The van der Waals surface area contributed by atoms with Crippen LogP contribution in [0.15, 0.2) is 65.7 Å². The van der Waals surface area contributed by atoms with E-state index in [1.54, 1.807) is 42.6 Å². The van der Waals surface area contributed by atoms with Crippen LogP contribution < -0.4 is 4.31 Å². The molecular formula is C20H20N2O4S. The minimum absolute atomic E-state index is 0.0506. The van der Waals surface area contributed by atoms with Gasteiger partial charge < -0.3 is 5.11 Å². The van der Waals surface area contributed by atoms with Crippen molar-refractivity contribution in [3.63, 3.8) is 0 Å². The Morgan fingerprint density at radius 3 is 2.56 bits per heavy atom. The van der Waals surface area contributed by atoms with Crippen LogP contribution in [-0.4, -0.2) is 31.0 Å². The number of carboxylic acids is 1. The maximum Gasteiger partial charge on any atom is 0.337 e. The highest BCUT2D eigenvalue weighted by atomic mass is 32.2. The molecular weight excluding hydrogens is 364 g/mol. The molecule has 0 unspecified atom stereocenters. The SMILES string of the molecule is CCCCN(c1ccccc1C(=O)O)S(=O)(=O)c1cccc2cccnc12. The molecule has 0 fully saturated rings. The van der Waals surface area contributed by atoms with Crippen LogP contribution in [0.4, 0.5) is 5.69 Å². The molecule has 0 aliphatic heterocycles. The third-order valence-corrected chi connectivity index (χ3v) is 6.13. The highest BCUT2D eigenvalue weighted by Gasteiger charge is 2.29. The molecule has 0 radical (unpaired) electrons. The third-order valence-electron chi connectivity index (χ3n) is 4.28. The van der Waals surface area contributed by atoms with Crippen molar-refractivity contribution in [2.45, 2.75) is 24.7 Å². The summed E-state index contributed by atoms with van der Waals surface area (Å²) >= 11 is 0. The lowest BCUT2D eigenvalue weighted by atomic mass is 10.1. The van der Waals surface area contributed by atoms with E-state index in [1.165, 1.54) is 22.5 Å². The number of rotatable bonds is 7. The van der Waals surface area contributed by atoms with Crippen molar-refractivity contribution < 1.29 is 18.3 Å². The summed E-state index contributed by atoms with van der Waals surface area (Å²) in [7, 11) is -4.00. The first kappa shape index (κ1) is 18.8. The van der Waals surface area contributed by atoms with Crippen LogP contribution in [0.5, 0.6) is 0 Å². The van der Waals surface area contributed by atoms with Crippen LogP contribution in [0.25, 0.3) is 10.9 Å². The van der Waals surface area contributed by atoms with E-state index in [-0.39, 0.29) is 22.7 Å². The molecule has 0 atom stereocenters. The number of unbranched alkanes of at least 4 members (excludes halogenated alkanes) is 1. The van der Waals surface area contributed by atoms with Crippen LogP contribution >= 0.6 is 0 Å². The van der Waals surface area contributed by atoms with Gasteiger partial charge in [-0.05, 0) is 30.7 Å². The zero-order valence-corrected chi connectivity index (χ0v) is 15.7. The van der Waals surface area contributed by atoms with Crippen LogP contribution in [0.2, 0.25) is 0 Å². The average molecular weight is 384 g/mol. The first-order chi connectivity index (χ1) is 13.0. The van der Waals surface area contributed by atoms with Crippen molar-refractivity contribution in [1.29, 1.82) is 0 Å². The molecule has 0 aliphatic rings. The fourth-order valence-electron chi connectivity index (χ4n) is 2.95. The summed E-state index contributed by atoms with van der Waals surface area (Å²) in [5.41, 5.74) is 0.478. The van der Waals surface area contributed by atoms with Gasteiger partial charge in [0.15, 0.2) is 0 Å². The molecule has 140 valence electrons. The van der Waals surface area contributed by atoms with Gasteiger partial charge in [0, 0.05) is 18.1 Å². The molecule has 0 amide bonds. The number of hydrogen-bond acceptors (Lipinski definition) is 4. The molecule has 27 heavy (non-hydrogen) atoms. The van der Waals surface area contributed by atoms with Crippen molar-refractivity contribution in [3.05, 3.63) is 66.4 Å². The summed E-state index contributed by atoms with van der Waals surface area (Å²) in [6.07, 6.45) is 2.92. The zero-order chi connectivity index (χ0) is 19.4. The minimum Gasteiger partial charge on any atom is -0.478 e. The Kier molecular flexibility index (Phi) is 5.41. The van der Waals surface area contributed by atoms with Crippen LogP contribution in [0.3, 0.4) is 0 Å². The first-order valence-corrected chi connectivity index (χ1v) is 10.1. The van der Waals surface area contributed by atoms with Crippen molar-refractivity contribution in [2.75, 3.05) is 10.8 Å². The van der Waals surface area contributed by atoms with E-state index in [4.69, 9.17) is 0 Å². The molecule has 1 N–H and O–H groups in total. The average Bonchev–Trinajstić information content (AvgIpc) is 2.68. The summed E-state index contributed by atoms with van der Waals surface area (Å²) in [6.45, 7) is 2.14. The van der Waals surface area contributed by atoms with Crippen molar-refractivity contribution in [1.82, 2.24) is 4.98 Å². The van der Waals surface area contributed by atoms with Gasteiger partial charge in [-0.2, -0.15) is 0 Å². The first-order valence-electron chi connectivity index (χ1n) is 8.65. The summed E-state index contributed by atoms with van der Waals surface area (Å²) in [6, 6.07) is 14.7. The van der Waals surface area contributed by atoms with E-state index in [1.807, 2.05) is 6.92 Å². The van der Waals surface area contributed by atoms with E-state index in [2.05, 4.69) is 4.98 Å². The van der Waals surface area contributed by atoms with Gasteiger partial charge in [-0.1, -0.05) is 43.7 Å². The summed E-state index contributed by atoms with van der Waals surface area (Å²) in [5.74, 6) is -1.17. The van der Waals surface area contributed by atoms with E-state index in [0.29, 0.717) is 17.3 Å². The number of sulfonamides is 1. The topological polar surface area (TPSA) is 87.6 Å². The number of pyridine rings is 1. The number of benzene rings is 2. The standard InChI is InChI=1S/C20H20N2O4S/c1-2-3-14-22(17-11-5-4-10-16(17)20(23)24)27(25,26)18-12-6-8-15-9-7-13-21-19(15)18/h4-13H,2-3,14H2,1H3,(H,23,24). The van der Waals surface area contributed by atoms with Crippen LogP contribution in [0.1, 0.15) is 30.1 Å². The second-order valence-corrected chi connectivity index (χ2v) is 7.92. The lowest BCUT2D eigenvalue weighted by molar-refractivity contribution is 0.0697. The predicted molar refractivity (Wildman–Crippen MR) is 105 cm³/mol. The number of nitrogens with zero attached hydrogens (tertiary/aromatic N) is 2. The van der Waals surface area contributed by atoms with Gasteiger partial charge in [-0.15, -0.1) is 0 Å². The smallest absolute Gasteiger partial charge is 0.337 e. The van der Waals surface area contributed by atoms with Crippen LogP contribution in [-0.2, 0) is 10.0 Å². The molecule has 0 saturated heterocycles. The largest absolute Gasteiger partial charge is 0.478 e. The van der Waals surface area contributed by atoms with Gasteiger partial charge in [-0.25, -0.2) is 13.2 Å². The molecule has 0 saturated carbocycles. The number of para-hydroxylation sites is 2. The monoisotopic (exact) mass is 384 g/mol. The molecule has 7 heteroatoms. The normalized spacial score (nSPS) is 11.4. The minimum atomic E-state index is -4.00.